The second-order valence-corrected chi connectivity index (χ2v) is 4.58. The van der Waals surface area contributed by atoms with Gasteiger partial charge in [-0.15, -0.1) is 0 Å². The molecule has 90 valence electrons. The summed E-state index contributed by atoms with van der Waals surface area (Å²) in [5.74, 6) is 0. The molecular weight excluding hydrogens is 218 g/mol. The Bertz CT molecular complexity index is 651. The molecule has 0 radical (unpaired) electrons. The van der Waals surface area contributed by atoms with Crippen molar-refractivity contribution in [3.8, 4) is 0 Å². The van der Waals surface area contributed by atoms with E-state index in [1.807, 2.05) is 0 Å². The van der Waals surface area contributed by atoms with Crippen LogP contribution < -0.4 is 0 Å². The number of hydrogen-bond acceptors (Lipinski definition) is 0. The molecule has 2 aromatic carbocycles. The van der Waals surface area contributed by atoms with Crippen molar-refractivity contribution in [2.75, 3.05) is 0 Å². The third kappa shape index (κ3) is 1.72. The molecule has 18 heavy (non-hydrogen) atoms. The van der Waals surface area contributed by atoms with Gasteiger partial charge in [-0.3, -0.25) is 0 Å². The molecule has 1 heterocycles. The highest BCUT2D eigenvalue weighted by atomic mass is 14.9. The first kappa shape index (κ1) is 11.1. The summed E-state index contributed by atoms with van der Waals surface area (Å²) in [5.41, 5.74) is 2.57. The third-order valence-electron chi connectivity index (χ3n) is 3.33. The molecule has 0 aliphatic heterocycles. The fourth-order valence-corrected chi connectivity index (χ4v) is 2.46. The Balaban J connectivity index is 2.31. The number of aromatic nitrogens is 1. The average molecular weight is 235 g/mol. The molecule has 1 aromatic heterocycles. The van der Waals surface area contributed by atoms with Crippen molar-refractivity contribution in [3.63, 3.8) is 0 Å². The van der Waals surface area contributed by atoms with Crippen LogP contribution >= 0.6 is 0 Å². The van der Waals surface area contributed by atoms with E-state index in [0.717, 1.165) is 6.42 Å². The Kier molecular flexibility index (Phi) is 2.89. The largest absolute Gasteiger partial charge is 0.316 e. The summed E-state index contributed by atoms with van der Waals surface area (Å²) < 4.78 is 2.29. The molecule has 0 N–H and O–H groups in total. The van der Waals surface area contributed by atoms with Crippen LogP contribution in [-0.4, -0.2) is 4.57 Å². The van der Waals surface area contributed by atoms with Crippen LogP contribution in [0.2, 0.25) is 0 Å². The summed E-state index contributed by atoms with van der Waals surface area (Å²) in [7, 11) is 0. The molecule has 0 unspecified atom stereocenters. The quantitative estimate of drug-likeness (QED) is 0.597. The van der Waals surface area contributed by atoms with E-state index < -0.39 is 0 Å². The first-order valence-corrected chi connectivity index (χ1v) is 6.56. The Morgan fingerprint density at radius 3 is 2.00 bits per heavy atom. The lowest BCUT2D eigenvalue weighted by Gasteiger charge is -1.99. The van der Waals surface area contributed by atoms with Crippen LogP contribution in [0, 0.1) is 0 Å². The van der Waals surface area contributed by atoms with Gasteiger partial charge in [0.15, 0.2) is 0 Å². The molecule has 0 amide bonds. The van der Waals surface area contributed by atoms with Gasteiger partial charge in [-0.05, 0) is 18.6 Å². The normalized spacial score (nSPS) is 11.8. The Hall–Kier alpha value is -2.02. The minimum Gasteiger partial charge on any atom is -0.316 e. The smallest absolute Gasteiger partial charge is 0.0534 e. The predicted octanol–water partition coefficient (Wildman–Crippen LogP) is 5.07. The highest BCUT2D eigenvalue weighted by Gasteiger charge is 2.06. The van der Waals surface area contributed by atoms with Gasteiger partial charge in [-0.1, -0.05) is 55.8 Å². The molecule has 0 atom stereocenters. The van der Waals surface area contributed by atoms with Crippen LogP contribution in [0.1, 0.15) is 19.8 Å². The monoisotopic (exact) mass is 235 g/mol. The molecule has 0 spiro atoms. The summed E-state index contributed by atoms with van der Waals surface area (Å²) in [5, 5.41) is 2.66. The van der Waals surface area contributed by atoms with E-state index in [4.69, 9.17) is 0 Å². The van der Waals surface area contributed by atoms with E-state index in [2.05, 4.69) is 72.3 Å². The minimum atomic E-state index is 1.13. The first-order valence-electron chi connectivity index (χ1n) is 6.56. The van der Waals surface area contributed by atoms with Crippen molar-refractivity contribution in [1.29, 1.82) is 0 Å². The van der Waals surface area contributed by atoms with Gasteiger partial charge >= 0.3 is 0 Å². The molecule has 0 bridgehead atoms. The van der Waals surface area contributed by atoms with Crippen LogP contribution in [0.4, 0.5) is 0 Å². The fourth-order valence-electron chi connectivity index (χ4n) is 2.46. The van der Waals surface area contributed by atoms with Gasteiger partial charge in [-0.2, -0.15) is 0 Å². The van der Waals surface area contributed by atoms with Gasteiger partial charge in [-0.25, -0.2) is 0 Å². The Morgan fingerprint density at radius 1 is 0.889 bits per heavy atom. The number of fused-ring (bicyclic) bond motifs is 3. The SMILES string of the molecule is CCC/C=C/n1c2ccccc2c2ccccc21. The molecule has 0 fully saturated rings. The zero-order valence-corrected chi connectivity index (χ0v) is 10.6. The van der Waals surface area contributed by atoms with Crippen molar-refractivity contribution in [2.45, 2.75) is 19.8 Å². The van der Waals surface area contributed by atoms with Crippen LogP contribution in [0.25, 0.3) is 28.0 Å². The van der Waals surface area contributed by atoms with Gasteiger partial charge in [0.2, 0.25) is 0 Å². The summed E-state index contributed by atoms with van der Waals surface area (Å²) in [6.45, 7) is 2.20. The standard InChI is InChI=1S/C17H17N/c1-2-3-8-13-18-16-11-6-4-9-14(16)15-10-5-7-12-17(15)18/h4-13H,2-3H2,1H3/b13-8+. The van der Waals surface area contributed by atoms with Crippen molar-refractivity contribution in [2.24, 2.45) is 0 Å². The summed E-state index contributed by atoms with van der Waals surface area (Å²) in [4.78, 5) is 0. The topological polar surface area (TPSA) is 4.93 Å². The summed E-state index contributed by atoms with van der Waals surface area (Å²) >= 11 is 0. The molecule has 1 nitrogen and oxygen atoms in total. The van der Waals surface area contributed by atoms with Crippen LogP contribution in [-0.2, 0) is 0 Å². The van der Waals surface area contributed by atoms with Gasteiger partial charge in [0.25, 0.3) is 0 Å². The van der Waals surface area contributed by atoms with E-state index in [9.17, 15) is 0 Å². The van der Waals surface area contributed by atoms with E-state index >= 15 is 0 Å². The lowest BCUT2D eigenvalue weighted by molar-refractivity contribution is 0.958. The van der Waals surface area contributed by atoms with Crippen LogP contribution in [0.15, 0.2) is 54.6 Å². The van der Waals surface area contributed by atoms with E-state index in [0.29, 0.717) is 0 Å². The molecule has 0 aliphatic rings. The maximum atomic E-state index is 2.29. The number of hydrogen-bond donors (Lipinski definition) is 0. The van der Waals surface area contributed by atoms with Crippen LogP contribution in [0.3, 0.4) is 0 Å². The van der Waals surface area contributed by atoms with Crippen LogP contribution in [0.5, 0.6) is 0 Å². The molecule has 3 aromatic rings. The highest BCUT2D eigenvalue weighted by molar-refractivity contribution is 6.09. The Labute approximate surface area is 107 Å². The second-order valence-electron chi connectivity index (χ2n) is 4.58. The number of rotatable bonds is 3. The summed E-state index contributed by atoms with van der Waals surface area (Å²) in [6, 6.07) is 17.2. The van der Waals surface area contributed by atoms with E-state index in [1.54, 1.807) is 0 Å². The van der Waals surface area contributed by atoms with E-state index in [1.165, 1.54) is 28.2 Å². The molecule has 0 saturated carbocycles. The number of nitrogens with zero attached hydrogens (tertiary/aromatic N) is 1. The fraction of sp³-hybridized carbons (Fsp3) is 0.176. The van der Waals surface area contributed by atoms with Gasteiger partial charge in [0.05, 0.1) is 11.0 Å². The average Bonchev–Trinajstić information content (AvgIpc) is 2.74. The maximum absolute atomic E-state index is 2.29. The number of allylic oxidation sites excluding steroid dienone is 1. The van der Waals surface area contributed by atoms with Crippen molar-refractivity contribution in [1.82, 2.24) is 4.57 Å². The predicted molar refractivity (Wildman–Crippen MR) is 79.7 cm³/mol. The number of unbranched alkanes of at least 4 members (excludes halogenated alkanes) is 1. The lowest BCUT2D eigenvalue weighted by atomic mass is 10.2. The molecule has 1 heteroatoms. The number of benzene rings is 2. The van der Waals surface area contributed by atoms with Crippen molar-refractivity contribution in [3.05, 3.63) is 54.6 Å². The maximum Gasteiger partial charge on any atom is 0.0534 e. The molecule has 0 saturated heterocycles. The van der Waals surface area contributed by atoms with Gasteiger partial charge in [0.1, 0.15) is 0 Å². The molecule has 3 rings (SSSR count). The minimum absolute atomic E-state index is 1.13. The van der Waals surface area contributed by atoms with Crippen molar-refractivity contribution < 1.29 is 0 Å². The Morgan fingerprint density at radius 2 is 1.44 bits per heavy atom. The number of para-hydroxylation sites is 2. The van der Waals surface area contributed by atoms with Gasteiger partial charge in [0, 0.05) is 17.0 Å². The first-order chi connectivity index (χ1) is 8.92. The lowest BCUT2D eigenvalue weighted by Crippen LogP contribution is -1.84. The van der Waals surface area contributed by atoms with Crippen molar-refractivity contribution >= 4 is 28.0 Å². The second kappa shape index (κ2) is 4.69. The zero-order valence-electron chi connectivity index (χ0n) is 10.6. The zero-order chi connectivity index (χ0) is 12.4. The molecule has 0 aliphatic carbocycles. The van der Waals surface area contributed by atoms with E-state index in [-0.39, 0.29) is 0 Å². The third-order valence-corrected chi connectivity index (χ3v) is 3.33. The summed E-state index contributed by atoms with van der Waals surface area (Å²) in [6.07, 6.45) is 6.77. The molecular formula is C17H17N. The highest BCUT2D eigenvalue weighted by Crippen LogP contribution is 2.28. The van der Waals surface area contributed by atoms with Gasteiger partial charge < -0.3 is 4.57 Å².